The number of sulfonamides is 1. The summed E-state index contributed by atoms with van der Waals surface area (Å²) < 4.78 is 50.3. The Morgan fingerprint density at radius 1 is 0.872 bits per heavy atom. The second-order valence-corrected chi connectivity index (χ2v) is 10.6. The lowest BCUT2D eigenvalue weighted by molar-refractivity contribution is -0.120. The molecule has 3 rings (SSSR count). The SMILES string of the molecule is CCOc1ccc(N(CC(=O)NC(CC)c2ccc(OC)c(C)c2)S(=O)(=O)c2ccc(OC)c(OC)c2)cc1. The number of rotatable bonds is 13. The number of benzene rings is 3. The zero-order valence-electron chi connectivity index (χ0n) is 23.2. The average molecular weight is 557 g/mol. The first kappa shape index (κ1) is 29.6. The van der Waals surface area contributed by atoms with Crippen LogP contribution >= 0.6 is 0 Å². The molecule has 0 aromatic heterocycles. The topological polar surface area (TPSA) is 103 Å². The van der Waals surface area contributed by atoms with Gasteiger partial charge in [-0.1, -0.05) is 19.1 Å². The third-order valence-corrected chi connectivity index (χ3v) is 8.00. The van der Waals surface area contributed by atoms with Crippen LogP contribution in [0.15, 0.2) is 65.6 Å². The predicted octanol–water partition coefficient (Wildman–Crippen LogP) is 4.88. The molecule has 0 aliphatic rings. The molecule has 39 heavy (non-hydrogen) atoms. The quantitative estimate of drug-likeness (QED) is 0.320. The van der Waals surface area contributed by atoms with E-state index in [1.54, 1.807) is 31.4 Å². The first-order chi connectivity index (χ1) is 18.7. The Balaban J connectivity index is 1.96. The number of methoxy groups -OCH3 is 3. The molecule has 210 valence electrons. The van der Waals surface area contributed by atoms with E-state index in [1.807, 2.05) is 39.0 Å². The Labute approximate surface area is 230 Å². The maximum absolute atomic E-state index is 13.9. The van der Waals surface area contributed by atoms with Crippen LogP contribution in [0.3, 0.4) is 0 Å². The Morgan fingerprint density at radius 3 is 2.08 bits per heavy atom. The van der Waals surface area contributed by atoms with E-state index in [9.17, 15) is 13.2 Å². The summed E-state index contributed by atoms with van der Waals surface area (Å²) >= 11 is 0. The van der Waals surface area contributed by atoms with Gasteiger partial charge in [0, 0.05) is 6.07 Å². The van der Waals surface area contributed by atoms with Crippen LogP contribution in [0, 0.1) is 6.92 Å². The molecule has 0 aliphatic heterocycles. The van der Waals surface area contributed by atoms with Crippen LogP contribution in [0.1, 0.15) is 37.4 Å². The van der Waals surface area contributed by atoms with E-state index in [1.165, 1.54) is 32.4 Å². The molecule has 0 spiro atoms. The van der Waals surface area contributed by atoms with Crippen molar-refractivity contribution in [2.75, 3.05) is 38.8 Å². The molecule has 0 aliphatic carbocycles. The molecule has 0 fully saturated rings. The van der Waals surface area contributed by atoms with Gasteiger partial charge < -0.3 is 24.3 Å². The van der Waals surface area contributed by atoms with Gasteiger partial charge in [0.05, 0.1) is 44.6 Å². The summed E-state index contributed by atoms with van der Waals surface area (Å²) in [5.41, 5.74) is 2.16. The van der Waals surface area contributed by atoms with Gasteiger partial charge in [-0.2, -0.15) is 0 Å². The molecule has 1 unspecified atom stereocenters. The van der Waals surface area contributed by atoms with Crippen molar-refractivity contribution in [1.29, 1.82) is 0 Å². The van der Waals surface area contributed by atoms with Crippen LogP contribution in [0.25, 0.3) is 0 Å². The summed E-state index contributed by atoms with van der Waals surface area (Å²) in [7, 11) is 0.329. The Kier molecular flexibility index (Phi) is 10.1. The van der Waals surface area contributed by atoms with Crippen LogP contribution in [-0.4, -0.2) is 48.8 Å². The summed E-state index contributed by atoms with van der Waals surface area (Å²) in [6.45, 7) is 5.78. The molecule has 1 N–H and O–H groups in total. The van der Waals surface area contributed by atoms with Gasteiger partial charge in [-0.25, -0.2) is 8.42 Å². The van der Waals surface area contributed by atoms with Crippen LogP contribution in [0.4, 0.5) is 5.69 Å². The van der Waals surface area contributed by atoms with Crippen molar-refractivity contribution >= 4 is 21.6 Å². The lowest BCUT2D eigenvalue weighted by atomic mass is 10.0. The van der Waals surface area contributed by atoms with Crippen LogP contribution in [-0.2, 0) is 14.8 Å². The van der Waals surface area contributed by atoms with Gasteiger partial charge in [0.15, 0.2) is 11.5 Å². The normalized spacial score (nSPS) is 11.8. The second kappa shape index (κ2) is 13.2. The number of ether oxygens (including phenoxy) is 4. The molecular weight excluding hydrogens is 520 g/mol. The summed E-state index contributed by atoms with van der Waals surface area (Å²) in [4.78, 5) is 13.3. The molecule has 1 amide bonds. The first-order valence-electron chi connectivity index (χ1n) is 12.6. The second-order valence-electron chi connectivity index (χ2n) is 8.71. The number of anilines is 1. The van der Waals surface area contributed by atoms with Gasteiger partial charge in [-0.15, -0.1) is 0 Å². The standard InChI is InChI=1S/C29H36N2O7S/c1-7-25(21-9-15-26(35-4)20(3)17-21)30-29(32)19-31(22-10-12-23(13-11-22)38-8-2)39(33,34)24-14-16-27(36-5)28(18-24)37-6/h9-18,25H,7-8,19H2,1-6H3,(H,30,32). The van der Waals surface area contributed by atoms with Crippen LogP contribution in [0.5, 0.6) is 23.0 Å². The Bertz CT molecular complexity index is 1370. The molecule has 3 aromatic carbocycles. The van der Waals surface area contributed by atoms with E-state index in [0.29, 0.717) is 30.2 Å². The monoisotopic (exact) mass is 556 g/mol. The maximum Gasteiger partial charge on any atom is 0.264 e. The third-order valence-electron chi connectivity index (χ3n) is 6.23. The first-order valence-corrected chi connectivity index (χ1v) is 14.0. The molecule has 0 heterocycles. The van der Waals surface area contributed by atoms with E-state index in [0.717, 1.165) is 21.2 Å². The van der Waals surface area contributed by atoms with Gasteiger partial charge in [0.1, 0.15) is 18.0 Å². The molecule has 1 atom stereocenters. The van der Waals surface area contributed by atoms with E-state index in [2.05, 4.69) is 5.32 Å². The highest BCUT2D eigenvalue weighted by Gasteiger charge is 2.29. The van der Waals surface area contributed by atoms with Gasteiger partial charge in [-0.3, -0.25) is 9.10 Å². The molecule has 0 saturated carbocycles. The van der Waals surface area contributed by atoms with Crippen molar-refractivity contribution in [3.8, 4) is 23.0 Å². The lowest BCUT2D eigenvalue weighted by Crippen LogP contribution is -2.42. The molecule has 10 heteroatoms. The number of aryl methyl sites for hydroxylation is 1. The molecular formula is C29H36N2O7S. The number of carbonyl (C=O) groups excluding carboxylic acids is 1. The van der Waals surface area contributed by atoms with Crippen molar-refractivity contribution in [3.05, 3.63) is 71.8 Å². The van der Waals surface area contributed by atoms with Crippen molar-refractivity contribution in [2.45, 2.75) is 38.1 Å². The average Bonchev–Trinajstić information content (AvgIpc) is 2.94. The van der Waals surface area contributed by atoms with Gasteiger partial charge in [0.25, 0.3) is 10.0 Å². The van der Waals surface area contributed by atoms with Crippen molar-refractivity contribution < 1.29 is 32.2 Å². The van der Waals surface area contributed by atoms with Gasteiger partial charge in [0.2, 0.25) is 5.91 Å². The summed E-state index contributed by atoms with van der Waals surface area (Å²) in [6, 6.07) is 16.3. The van der Waals surface area contributed by atoms with Crippen LogP contribution < -0.4 is 28.6 Å². The Morgan fingerprint density at radius 2 is 1.51 bits per heavy atom. The number of nitrogens with one attached hydrogen (secondary N) is 1. The molecule has 9 nitrogen and oxygen atoms in total. The third kappa shape index (κ3) is 6.94. The largest absolute Gasteiger partial charge is 0.496 e. The van der Waals surface area contributed by atoms with Crippen molar-refractivity contribution in [1.82, 2.24) is 5.32 Å². The minimum atomic E-state index is -4.18. The van der Waals surface area contributed by atoms with E-state index in [-0.39, 0.29) is 16.7 Å². The molecule has 0 bridgehead atoms. The summed E-state index contributed by atoms with van der Waals surface area (Å²) in [5, 5.41) is 2.99. The lowest BCUT2D eigenvalue weighted by Gasteiger charge is -2.26. The van der Waals surface area contributed by atoms with Gasteiger partial charge in [-0.05, 0) is 73.9 Å². The number of amides is 1. The summed E-state index contributed by atoms with van der Waals surface area (Å²) in [5.74, 6) is 1.55. The molecule has 3 aromatic rings. The maximum atomic E-state index is 13.9. The minimum absolute atomic E-state index is 0.0420. The predicted molar refractivity (Wildman–Crippen MR) is 151 cm³/mol. The van der Waals surface area contributed by atoms with Gasteiger partial charge >= 0.3 is 0 Å². The zero-order valence-corrected chi connectivity index (χ0v) is 24.0. The molecule has 0 saturated heterocycles. The fourth-order valence-electron chi connectivity index (χ4n) is 4.20. The highest BCUT2D eigenvalue weighted by atomic mass is 32.2. The van der Waals surface area contributed by atoms with E-state index in [4.69, 9.17) is 18.9 Å². The molecule has 0 radical (unpaired) electrons. The highest BCUT2D eigenvalue weighted by molar-refractivity contribution is 7.92. The summed E-state index contributed by atoms with van der Waals surface area (Å²) in [6.07, 6.45) is 0.614. The van der Waals surface area contributed by atoms with Crippen molar-refractivity contribution in [2.24, 2.45) is 0 Å². The Hall–Kier alpha value is -3.92. The number of carbonyl (C=O) groups is 1. The van der Waals surface area contributed by atoms with E-state index < -0.39 is 22.5 Å². The fourth-order valence-corrected chi connectivity index (χ4v) is 5.64. The number of hydrogen-bond donors (Lipinski definition) is 1. The van der Waals surface area contributed by atoms with Crippen LogP contribution in [0.2, 0.25) is 0 Å². The zero-order chi connectivity index (χ0) is 28.6. The number of hydrogen-bond acceptors (Lipinski definition) is 7. The van der Waals surface area contributed by atoms with E-state index >= 15 is 0 Å². The fraction of sp³-hybridized carbons (Fsp3) is 0.345. The highest BCUT2D eigenvalue weighted by Crippen LogP contribution is 2.33. The number of nitrogens with zero attached hydrogens (tertiary/aromatic N) is 1. The smallest absolute Gasteiger partial charge is 0.264 e. The van der Waals surface area contributed by atoms with Crippen molar-refractivity contribution in [3.63, 3.8) is 0 Å². The minimum Gasteiger partial charge on any atom is -0.496 e.